The molecule has 4 rings (SSSR count). The number of nitrogens with zero attached hydrogens (tertiary/aromatic N) is 3. The number of aryl methyl sites for hydroxylation is 1. The van der Waals surface area contributed by atoms with Crippen molar-refractivity contribution in [2.75, 3.05) is 5.32 Å². The summed E-state index contributed by atoms with van der Waals surface area (Å²) in [4.78, 5) is 3.44. The highest BCUT2D eigenvalue weighted by Crippen LogP contribution is 2.34. The maximum Gasteiger partial charge on any atom is 0.433 e. The number of pyridine rings is 1. The number of rotatable bonds is 4. The molecule has 156 valence electrons. The van der Waals surface area contributed by atoms with Crippen LogP contribution in [0.1, 0.15) is 54.8 Å². The van der Waals surface area contributed by atoms with E-state index in [0.29, 0.717) is 17.4 Å². The van der Waals surface area contributed by atoms with Crippen molar-refractivity contribution in [3.63, 3.8) is 0 Å². The summed E-state index contributed by atoms with van der Waals surface area (Å²) in [7, 11) is 0. The summed E-state index contributed by atoms with van der Waals surface area (Å²) >= 11 is 0. The van der Waals surface area contributed by atoms with E-state index in [1.807, 2.05) is 13.0 Å². The molecule has 4 nitrogen and oxygen atoms in total. The summed E-state index contributed by atoms with van der Waals surface area (Å²) in [6, 6.07) is 12.6. The Labute approximate surface area is 173 Å². The molecule has 0 spiro atoms. The van der Waals surface area contributed by atoms with E-state index in [0.717, 1.165) is 29.1 Å². The van der Waals surface area contributed by atoms with Crippen LogP contribution in [-0.4, -0.2) is 15.2 Å². The van der Waals surface area contributed by atoms with E-state index in [9.17, 15) is 13.2 Å². The molecule has 0 atom stereocenters. The fourth-order valence-corrected chi connectivity index (χ4v) is 3.96. The lowest BCUT2D eigenvalue weighted by Gasteiger charge is -2.22. The minimum atomic E-state index is -4.46. The van der Waals surface area contributed by atoms with Crippen molar-refractivity contribution in [1.82, 2.24) is 15.2 Å². The van der Waals surface area contributed by atoms with Crippen molar-refractivity contribution < 1.29 is 13.2 Å². The Kier molecular flexibility index (Phi) is 5.70. The van der Waals surface area contributed by atoms with Gasteiger partial charge in [0.1, 0.15) is 5.69 Å². The molecule has 0 amide bonds. The number of alkyl halides is 3. The highest BCUT2D eigenvalue weighted by atomic mass is 19.4. The number of benzene rings is 1. The van der Waals surface area contributed by atoms with E-state index in [1.165, 1.54) is 43.7 Å². The second-order valence-electron chi connectivity index (χ2n) is 7.77. The summed E-state index contributed by atoms with van der Waals surface area (Å²) in [6.45, 7) is 1.94. The lowest BCUT2D eigenvalue weighted by molar-refractivity contribution is -0.141. The van der Waals surface area contributed by atoms with Crippen molar-refractivity contribution in [2.24, 2.45) is 0 Å². The molecule has 0 bridgehead atoms. The van der Waals surface area contributed by atoms with Gasteiger partial charge in [-0.05, 0) is 55.0 Å². The Balaban J connectivity index is 1.47. The van der Waals surface area contributed by atoms with Crippen molar-refractivity contribution in [3.8, 4) is 11.3 Å². The maximum atomic E-state index is 12.6. The van der Waals surface area contributed by atoms with Gasteiger partial charge in [-0.15, -0.1) is 10.2 Å². The molecule has 7 heteroatoms. The van der Waals surface area contributed by atoms with E-state index in [1.54, 1.807) is 0 Å². The van der Waals surface area contributed by atoms with Gasteiger partial charge in [-0.2, -0.15) is 13.2 Å². The Morgan fingerprint density at radius 2 is 1.67 bits per heavy atom. The van der Waals surface area contributed by atoms with E-state index >= 15 is 0 Å². The minimum Gasteiger partial charge on any atom is -0.337 e. The Morgan fingerprint density at radius 1 is 0.933 bits per heavy atom. The van der Waals surface area contributed by atoms with Gasteiger partial charge in [0, 0.05) is 5.56 Å². The van der Waals surface area contributed by atoms with Gasteiger partial charge in [-0.25, -0.2) is 4.98 Å². The normalized spacial score (nSPS) is 15.2. The Hall–Kier alpha value is -2.96. The highest BCUT2D eigenvalue weighted by Gasteiger charge is 2.32. The third kappa shape index (κ3) is 4.61. The predicted octanol–water partition coefficient (Wildman–Crippen LogP) is 6.66. The van der Waals surface area contributed by atoms with Gasteiger partial charge in [-0.3, -0.25) is 0 Å². The second-order valence-corrected chi connectivity index (χ2v) is 7.77. The molecule has 1 N–H and O–H groups in total. The molecule has 2 heterocycles. The van der Waals surface area contributed by atoms with Crippen LogP contribution >= 0.6 is 0 Å². The second kappa shape index (κ2) is 8.42. The van der Waals surface area contributed by atoms with Crippen LogP contribution < -0.4 is 5.32 Å². The van der Waals surface area contributed by atoms with Crippen LogP contribution in [0.2, 0.25) is 0 Å². The van der Waals surface area contributed by atoms with E-state index in [-0.39, 0.29) is 0 Å². The lowest BCUT2D eigenvalue weighted by Crippen LogP contribution is -2.07. The zero-order chi connectivity index (χ0) is 21.1. The first-order valence-electron chi connectivity index (χ1n) is 10.1. The Bertz CT molecular complexity index is 992. The number of halogens is 3. The molecule has 1 aliphatic rings. The van der Waals surface area contributed by atoms with Crippen molar-refractivity contribution >= 4 is 11.5 Å². The monoisotopic (exact) mass is 412 g/mol. The fourth-order valence-electron chi connectivity index (χ4n) is 3.96. The molecule has 1 saturated carbocycles. The average molecular weight is 412 g/mol. The quantitative estimate of drug-likeness (QED) is 0.521. The summed E-state index contributed by atoms with van der Waals surface area (Å²) in [6.07, 6.45) is 3.15. The molecular weight excluding hydrogens is 389 g/mol. The molecule has 3 aromatic rings. The van der Waals surface area contributed by atoms with Crippen LogP contribution in [0.4, 0.5) is 24.7 Å². The fraction of sp³-hybridized carbons (Fsp3) is 0.348. The molecule has 1 fully saturated rings. The number of hydrogen-bond donors (Lipinski definition) is 1. The highest BCUT2D eigenvalue weighted by molar-refractivity contribution is 5.65. The minimum absolute atomic E-state index is 0.418. The first kappa shape index (κ1) is 20.3. The third-order valence-corrected chi connectivity index (χ3v) is 5.57. The molecule has 1 aromatic carbocycles. The molecule has 0 radical (unpaired) electrons. The predicted molar refractivity (Wildman–Crippen MR) is 111 cm³/mol. The molecule has 1 aliphatic carbocycles. The van der Waals surface area contributed by atoms with Crippen molar-refractivity contribution in [1.29, 1.82) is 0 Å². The van der Waals surface area contributed by atoms with Crippen LogP contribution in [0.5, 0.6) is 0 Å². The summed E-state index contributed by atoms with van der Waals surface area (Å²) in [5.41, 5.74) is 3.60. The van der Waals surface area contributed by atoms with Crippen molar-refractivity contribution in [3.05, 3.63) is 65.5 Å². The van der Waals surface area contributed by atoms with Crippen molar-refractivity contribution in [2.45, 2.75) is 51.1 Å². The Morgan fingerprint density at radius 3 is 2.27 bits per heavy atom. The maximum absolute atomic E-state index is 12.6. The van der Waals surface area contributed by atoms with E-state index in [4.69, 9.17) is 0 Å². The molecule has 0 unspecified atom stereocenters. The van der Waals surface area contributed by atoms with Gasteiger partial charge in [0.2, 0.25) is 0 Å². The van der Waals surface area contributed by atoms with E-state index < -0.39 is 11.9 Å². The molecule has 2 aromatic heterocycles. The van der Waals surface area contributed by atoms with Gasteiger partial charge >= 0.3 is 6.18 Å². The van der Waals surface area contributed by atoms with Crippen LogP contribution in [0, 0.1) is 6.92 Å². The standard InChI is InChI=1S/C23H23F3N4/c1-15-13-21(28-19-11-12-20(27-14-19)23(24,25)26)29-30-22(15)18-9-7-17(8-10-18)16-5-3-2-4-6-16/h7-14,16H,2-6H2,1H3,(H,28,29). The van der Waals surface area contributed by atoms with Crippen LogP contribution in [-0.2, 0) is 6.18 Å². The van der Waals surface area contributed by atoms with Gasteiger partial charge < -0.3 is 5.32 Å². The number of aromatic nitrogens is 3. The molecular formula is C23H23F3N4. The largest absolute Gasteiger partial charge is 0.433 e. The number of anilines is 2. The zero-order valence-corrected chi connectivity index (χ0v) is 16.7. The summed E-state index contributed by atoms with van der Waals surface area (Å²) < 4.78 is 37.9. The van der Waals surface area contributed by atoms with Crippen LogP contribution in [0.3, 0.4) is 0 Å². The van der Waals surface area contributed by atoms with Gasteiger partial charge in [-0.1, -0.05) is 43.5 Å². The zero-order valence-electron chi connectivity index (χ0n) is 16.7. The average Bonchev–Trinajstić information content (AvgIpc) is 2.74. The van der Waals surface area contributed by atoms with E-state index in [2.05, 4.69) is 44.8 Å². The third-order valence-electron chi connectivity index (χ3n) is 5.57. The molecule has 0 saturated heterocycles. The SMILES string of the molecule is Cc1cc(Nc2ccc(C(F)(F)F)nc2)nnc1-c1ccc(C2CCCCC2)cc1. The number of hydrogen-bond acceptors (Lipinski definition) is 4. The van der Waals surface area contributed by atoms with Gasteiger partial charge in [0.15, 0.2) is 5.82 Å². The first-order chi connectivity index (χ1) is 14.4. The smallest absolute Gasteiger partial charge is 0.337 e. The van der Waals surface area contributed by atoms with Gasteiger partial charge in [0.05, 0.1) is 17.6 Å². The topological polar surface area (TPSA) is 50.7 Å². The summed E-state index contributed by atoms with van der Waals surface area (Å²) in [5.74, 6) is 1.11. The first-order valence-corrected chi connectivity index (χ1v) is 10.1. The lowest BCUT2D eigenvalue weighted by atomic mass is 9.84. The summed E-state index contributed by atoms with van der Waals surface area (Å²) in [5, 5.41) is 11.5. The number of nitrogens with one attached hydrogen (secondary N) is 1. The van der Waals surface area contributed by atoms with Gasteiger partial charge in [0.25, 0.3) is 0 Å². The molecule has 0 aliphatic heterocycles. The van der Waals surface area contributed by atoms with Crippen LogP contribution in [0.25, 0.3) is 11.3 Å². The van der Waals surface area contributed by atoms with Crippen LogP contribution in [0.15, 0.2) is 48.7 Å². The molecule has 30 heavy (non-hydrogen) atoms.